The average Bonchev–Trinajstić information content (AvgIpc) is 3.00. The Labute approximate surface area is 154 Å². The van der Waals surface area contributed by atoms with Gasteiger partial charge in [-0.15, -0.1) is 0 Å². The van der Waals surface area contributed by atoms with Crippen LogP contribution in [-0.2, 0) is 10.0 Å². The van der Waals surface area contributed by atoms with Gasteiger partial charge in [0.05, 0.1) is 18.4 Å². The van der Waals surface area contributed by atoms with Crippen LogP contribution in [0.5, 0.6) is 5.75 Å². The predicted molar refractivity (Wildman–Crippen MR) is 101 cm³/mol. The van der Waals surface area contributed by atoms with Crippen LogP contribution in [0.4, 0.5) is 5.82 Å². The third kappa shape index (κ3) is 3.12. The maximum absolute atomic E-state index is 12.3. The van der Waals surface area contributed by atoms with Crippen LogP contribution in [0, 0.1) is 6.92 Å². The molecule has 2 aliphatic rings. The normalized spacial score (nSPS) is 23.5. The van der Waals surface area contributed by atoms with Crippen molar-refractivity contribution < 1.29 is 13.2 Å². The van der Waals surface area contributed by atoms with Crippen molar-refractivity contribution in [3.63, 3.8) is 0 Å². The van der Waals surface area contributed by atoms with Crippen molar-refractivity contribution in [2.45, 2.75) is 32.2 Å². The van der Waals surface area contributed by atoms with Crippen molar-refractivity contribution in [3.8, 4) is 5.75 Å². The Balaban J connectivity index is 1.70. The van der Waals surface area contributed by atoms with Crippen molar-refractivity contribution in [3.05, 3.63) is 24.0 Å². The number of anilines is 1. The second-order valence-corrected chi connectivity index (χ2v) is 9.04. The maximum atomic E-state index is 12.3. The van der Waals surface area contributed by atoms with Gasteiger partial charge in [-0.2, -0.15) is 4.31 Å². The summed E-state index contributed by atoms with van der Waals surface area (Å²) in [5.74, 6) is 2.62. The summed E-state index contributed by atoms with van der Waals surface area (Å²) in [5.41, 5.74) is 0.879. The molecule has 0 saturated carbocycles. The highest BCUT2D eigenvalue weighted by Crippen LogP contribution is 2.31. The lowest BCUT2D eigenvalue weighted by molar-refractivity contribution is 0.298. The fourth-order valence-corrected chi connectivity index (χ4v) is 5.79. The van der Waals surface area contributed by atoms with E-state index in [-0.39, 0.29) is 11.8 Å². The highest BCUT2D eigenvalue weighted by atomic mass is 32.2. The van der Waals surface area contributed by atoms with Gasteiger partial charge < -0.3 is 9.64 Å². The minimum Gasteiger partial charge on any atom is -0.497 e. The standard InChI is InChI=1S/C18H24N4O3S/c1-13-19-17-7-6-15(25-2)11-16(17)18(20-13)21-8-3-5-14(12-21)22-9-4-10-26(22,23)24/h6-7,11,14H,3-5,8-10,12H2,1-2H3. The smallest absolute Gasteiger partial charge is 0.214 e. The molecular formula is C18H24N4O3S. The number of piperidine rings is 1. The van der Waals surface area contributed by atoms with E-state index in [2.05, 4.69) is 14.9 Å². The summed E-state index contributed by atoms with van der Waals surface area (Å²) in [5, 5.41) is 0.944. The molecular weight excluding hydrogens is 352 g/mol. The molecule has 1 aromatic carbocycles. The molecule has 4 rings (SSSR count). The van der Waals surface area contributed by atoms with Crippen LogP contribution in [0.25, 0.3) is 10.9 Å². The van der Waals surface area contributed by atoms with E-state index in [1.807, 2.05) is 25.1 Å². The maximum Gasteiger partial charge on any atom is 0.214 e. The lowest BCUT2D eigenvalue weighted by atomic mass is 10.0. The Morgan fingerprint density at radius 2 is 2.04 bits per heavy atom. The lowest BCUT2D eigenvalue weighted by Gasteiger charge is -2.37. The highest BCUT2D eigenvalue weighted by Gasteiger charge is 2.37. The number of ether oxygens (including phenoxy) is 1. The molecule has 3 heterocycles. The second kappa shape index (κ2) is 6.66. The molecule has 8 heteroatoms. The summed E-state index contributed by atoms with van der Waals surface area (Å²) in [6.45, 7) is 4.06. The zero-order valence-electron chi connectivity index (χ0n) is 15.2. The molecule has 26 heavy (non-hydrogen) atoms. The van der Waals surface area contributed by atoms with Crippen LogP contribution in [-0.4, -0.2) is 61.2 Å². The first kappa shape index (κ1) is 17.5. The first-order chi connectivity index (χ1) is 12.5. The van der Waals surface area contributed by atoms with E-state index in [1.54, 1.807) is 11.4 Å². The van der Waals surface area contributed by atoms with E-state index in [4.69, 9.17) is 4.74 Å². The molecule has 1 aromatic heterocycles. The minimum atomic E-state index is -3.10. The molecule has 0 bridgehead atoms. The molecule has 0 radical (unpaired) electrons. The van der Waals surface area contributed by atoms with E-state index < -0.39 is 10.0 Å². The van der Waals surface area contributed by atoms with Crippen LogP contribution in [0.2, 0.25) is 0 Å². The van der Waals surface area contributed by atoms with Gasteiger partial charge in [0.2, 0.25) is 10.0 Å². The van der Waals surface area contributed by atoms with Crippen LogP contribution < -0.4 is 9.64 Å². The topological polar surface area (TPSA) is 75.6 Å². The molecule has 1 unspecified atom stereocenters. The van der Waals surface area contributed by atoms with Gasteiger partial charge in [-0.3, -0.25) is 0 Å². The molecule has 1 atom stereocenters. The van der Waals surface area contributed by atoms with Gasteiger partial charge in [-0.1, -0.05) is 0 Å². The molecule has 7 nitrogen and oxygen atoms in total. The molecule has 0 spiro atoms. The van der Waals surface area contributed by atoms with Gasteiger partial charge in [0.25, 0.3) is 0 Å². The van der Waals surface area contributed by atoms with Crippen LogP contribution in [0.1, 0.15) is 25.1 Å². The monoisotopic (exact) mass is 376 g/mol. The number of sulfonamides is 1. The molecule has 140 valence electrons. The van der Waals surface area contributed by atoms with Crippen molar-refractivity contribution in [1.29, 1.82) is 0 Å². The van der Waals surface area contributed by atoms with Gasteiger partial charge in [-0.25, -0.2) is 18.4 Å². The Bertz CT molecular complexity index is 931. The predicted octanol–water partition coefficient (Wildman–Crippen LogP) is 1.95. The summed E-state index contributed by atoms with van der Waals surface area (Å²) in [6, 6.07) is 5.82. The Hall–Kier alpha value is -1.93. The largest absolute Gasteiger partial charge is 0.497 e. The van der Waals surface area contributed by atoms with Gasteiger partial charge in [-0.05, 0) is 44.4 Å². The Morgan fingerprint density at radius 1 is 1.19 bits per heavy atom. The van der Waals surface area contributed by atoms with Crippen molar-refractivity contribution in [2.75, 3.05) is 37.4 Å². The number of methoxy groups -OCH3 is 1. The quantitative estimate of drug-likeness (QED) is 0.815. The molecule has 0 N–H and O–H groups in total. The van der Waals surface area contributed by atoms with Gasteiger partial charge in [0.15, 0.2) is 0 Å². The number of hydrogen-bond acceptors (Lipinski definition) is 6. The molecule has 2 saturated heterocycles. The van der Waals surface area contributed by atoms with Crippen LogP contribution >= 0.6 is 0 Å². The zero-order valence-corrected chi connectivity index (χ0v) is 16.0. The van der Waals surface area contributed by atoms with Gasteiger partial charge >= 0.3 is 0 Å². The summed E-state index contributed by atoms with van der Waals surface area (Å²) in [7, 11) is -1.46. The van der Waals surface area contributed by atoms with Crippen LogP contribution in [0.3, 0.4) is 0 Å². The second-order valence-electron chi connectivity index (χ2n) is 7.00. The van der Waals surface area contributed by atoms with E-state index in [9.17, 15) is 8.42 Å². The number of hydrogen-bond donors (Lipinski definition) is 0. The fraction of sp³-hybridized carbons (Fsp3) is 0.556. The number of aryl methyl sites for hydroxylation is 1. The average molecular weight is 376 g/mol. The molecule has 2 fully saturated rings. The SMILES string of the molecule is COc1ccc2nc(C)nc(N3CCCC(N4CCCS4(=O)=O)C3)c2c1. The van der Waals surface area contributed by atoms with Crippen molar-refractivity contribution in [2.24, 2.45) is 0 Å². The van der Waals surface area contributed by atoms with E-state index >= 15 is 0 Å². The van der Waals surface area contributed by atoms with Crippen molar-refractivity contribution in [1.82, 2.24) is 14.3 Å². The van der Waals surface area contributed by atoms with Crippen molar-refractivity contribution >= 4 is 26.7 Å². The molecule has 2 aromatic rings. The fourth-order valence-electron chi connectivity index (χ4n) is 4.02. The zero-order chi connectivity index (χ0) is 18.3. The third-order valence-corrected chi connectivity index (χ3v) is 7.24. The highest BCUT2D eigenvalue weighted by molar-refractivity contribution is 7.89. The van der Waals surface area contributed by atoms with E-state index in [0.29, 0.717) is 18.9 Å². The van der Waals surface area contributed by atoms with Gasteiger partial charge in [0, 0.05) is 31.1 Å². The van der Waals surface area contributed by atoms with E-state index in [0.717, 1.165) is 48.3 Å². The van der Waals surface area contributed by atoms with E-state index in [1.165, 1.54) is 0 Å². The number of benzene rings is 1. The first-order valence-electron chi connectivity index (χ1n) is 9.05. The van der Waals surface area contributed by atoms with Crippen LogP contribution in [0.15, 0.2) is 18.2 Å². The Kier molecular flexibility index (Phi) is 4.48. The summed E-state index contributed by atoms with van der Waals surface area (Å²) in [4.78, 5) is 11.4. The summed E-state index contributed by atoms with van der Waals surface area (Å²) >= 11 is 0. The minimum absolute atomic E-state index is 0.0205. The lowest BCUT2D eigenvalue weighted by Crippen LogP contribution is -2.48. The Morgan fingerprint density at radius 3 is 2.77 bits per heavy atom. The molecule has 2 aliphatic heterocycles. The number of aromatic nitrogens is 2. The van der Waals surface area contributed by atoms with Gasteiger partial charge in [0.1, 0.15) is 17.4 Å². The number of rotatable bonds is 3. The number of fused-ring (bicyclic) bond motifs is 1. The number of nitrogens with zero attached hydrogens (tertiary/aromatic N) is 4. The first-order valence-corrected chi connectivity index (χ1v) is 10.7. The summed E-state index contributed by atoms with van der Waals surface area (Å²) in [6.07, 6.45) is 2.58. The third-order valence-electron chi connectivity index (χ3n) is 5.24. The molecule has 0 aliphatic carbocycles. The summed E-state index contributed by atoms with van der Waals surface area (Å²) < 4.78 is 31.7. The molecule has 0 amide bonds.